The molecule has 0 radical (unpaired) electrons. The number of amides is 1. The van der Waals surface area contributed by atoms with E-state index >= 15 is 0 Å². The van der Waals surface area contributed by atoms with Gasteiger partial charge in [-0.05, 0) is 46.3 Å². The van der Waals surface area contributed by atoms with Gasteiger partial charge in [-0.25, -0.2) is 0 Å². The van der Waals surface area contributed by atoms with Gasteiger partial charge in [0, 0.05) is 14.5 Å². The first-order valence-electron chi connectivity index (χ1n) is 5.39. The lowest BCUT2D eigenvalue weighted by Gasteiger charge is -2.09. The minimum absolute atomic E-state index is 0.241. The van der Waals surface area contributed by atoms with Gasteiger partial charge in [-0.2, -0.15) is 0 Å². The van der Waals surface area contributed by atoms with Crippen LogP contribution in [0.1, 0.15) is 10.4 Å². The third-order valence-corrected chi connectivity index (χ3v) is 4.50. The normalized spacial score (nSPS) is 10.4. The van der Waals surface area contributed by atoms with Crippen LogP contribution in [0.15, 0.2) is 39.3 Å². The average Bonchev–Trinajstić information content (AvgIpc) is 2.39. The first-order valence-corrected chi connectivity index (χ1v) is 7.73. The lowest BCUT2D eigenvalue weighted by molar-refractivity contribution is 0.102. The fourth-order valence-corrected chi connectivity index (χ4v) is 2.57. The summed E-state index contributed by atoms with van der Waals surface area (Å²) in [5.74, 6) is -0.325. The summed E-state index contributed by atoms with van der Waals surface area (Å²) in [4.78, 5) is 12.2. The van der Waals surface area contributed by atoms with Crippen molar-refractivity contribution in [3.05, 3.63) is 54.9 Å². The summed E-state index contributed by atoms with van der Waals surface area (Å²) in [5, 5.41) is 3.25. The van der Waals surface area contributed by atoms with Crippen LogP contribution in [0.5, 0.6) is 0 Å². The number of halogens is 4. The standard InChI is InChI=1S/C13H8Br2Cl2N2O/c14-7-1-2-8(15)11(5-7)19-13(20)6-3-9(16)12(17)10(18)4-6/h1-5H,18H2,(H,19,20). The maximum absolute atomic E-state index is 12.2. The maximum Gasteiger partial charge on any atom is 0.255 e. The number of nitrogen functional groups attached to an aromatic ring is 1. The molecule has 20 heavy (non-hydrogen) atoms. The van der Waals surface area contributed by atoms with Gasteiger partial charge in [-0.15, -0.1) is 0 Å². The number of nitrogens with one attached hydrogen (secondary N) is 1. The van der Waals surface area contributed by atoms with Crippen molar-refractivity contribution in [2.24, 2.45) is 0 Å². The molecule has 0 atom stereocenters. The Hall–Kier alpha value is -0.750. The Balaban J connectivity index is 2.31. The third-order valence-electron chi connectivity index (χ3n) is 2.50. The molecule has 3 nitrogen and oxygen atoms in total. The second kappa shape index (κ2) is 6.35. The van der Waals surface area contributed by atoms with Crippen LogP contribution in [0, 0.1) is 0 Å². The molecule has 0 saturated carbocycles. The van der Waals surface area contributed by atoms with Crippen LogP contribution in [0.3, 0.4) is 0 Å². The van der Waals surface area contributed by atoms with Crippen LogP contribution in [0.4, 0.5) is 11.4 Å². The second-order valence-electron chi connectivity index (χ2n) is 3.94. The van der Waals surface area contributed by atoms with Gasteiger partial charge in [0.15, 0.2) is 0 Å². The number of hydrogen-bond acceptors (Lipinski definition) is 2. The van der Waals surface area contributed by atoms with Crippen molar-refractivity contribution >= 4 is 72.3 Å². The van der Waals surface area contributed by atoms with Crippen LogP contribution < -0.4 is 11.1 Å². The van der Waals surface area contributed by atoms with Crippen molar-refractivity contribution in [2.45, 2.75) is 0 Å². The number of carbonyl (C=O) groups excluding carboxylic acids is 1. The minimum Gasteiger partial charge on any atom is -0.397 e. The molecule has 0 aromatic heterocycles. The highest BCUT2D eigenvalue weighted by Gasteiger charge is 2.13. The number of carbonyl (C=O) groups is 1. The molecular formula is C13H8Br2Cl2N2O. The summed E-state index contributed by atoms with van der Waals surface area (Å²) in [7, 11) is 0. The summed E-state index contributed by atoms with van der Waals surface area (Å²) >= 11 is 18.5. The van der Waals surface area contributed by atoms with Crippen molar-refractivity contribution in [3.63, 3.8) is 0 Å². The number of hydrogen-bond donors (Lipinski definition) is 2. The van der Waals surface area contributed by atoms with E-state index in [9.17, 15) is 4.79 Å². The molecule has 0 aliphatic carbocycles. The SMILES string of the molecule is Nc1cc(C(=O)Nc2cc(Br)ccc2Br)cc(Cl)c1Cl. The molecule has 0 spiro atoms. The van der Waals surface area contributed by atoms with Gasteiger partial charge < -0.3 is 11.1 Å². The quantitative estimate of drug-likeness (QED) is 0.621. The topological polar surface area (TPSA) is 55.1 Å². The largest absolute Gasteiger partial charge is 0.397 e. The molecule has 0 unspecified atom stereocenters. The zero-order valence-corrected chi connectivity index (χ0v) is 14.6. The van der Waals surface area contributed by atoms with Gasteiger partial charge in [-0.1, -0.05) is 39.1 Å². The van der Waals surface area contributed by atoms with Gasteiger partial charge in [-0.3, -0.25) is 4.79 Å². The molecule has 2 aromatic rings. The molecule has 104 valence electrons. The summed E-state index contributed by atoms with van der Waals surface area (Å²) in [6, 6.07) is 8.42. The smallest absolute Gasteiger partial charge is 0.255 e. The molecule has 2 rings (SSSR count). The number of benzene rings is 2. The fourth-order valence-electron chi connectivity index (χ4n) is 1.53. The zero-order valence-electron chi connectivity index (χ0n) is 9.88. The Morgan fingerprint density at radius 1 is 1.15 bits per heavy atom. The molecule has 7 heteroatoms. The Morgan fingerprint density at radius 2 is 1.85 bits per heavy atom. The van der Waals surface area contributed by atoms with Gasteiger partial charge in [0.25, 0.3) is 5.91 Å². The van der Waals surface area contributed by atoms with E-state index in [4.69, 9.17) is 28.9 Å². The van der Waals surface area contributed by atoms with E-state index in [0.717, 1.165) is 8.95 Å². The minimum atomic E-state index is -0.325. The molecule has 0 aliphatic heterocycles. The van der Waals surface area contributed by atoms with Crippen LogP contribution in [0.25, 0.3) is 0 Å². The van der Waals surface area contributed by atoms with E-state index in [1.165, 1.54) is 12.1 Å². The first-order chi connectivity index (χ1) is 9.38. The van der Waals surface area contributed by atoms with E-state index in [-0.39, 0.29) is 21.6 Å². The second-order valence-corrected chi connectivity index (χ2v) is 6.49. The van der Waals surface area contributed by atoms with E-state index < -0.39 is 0 Å². The highest BCUT2D eigenvalue weighted by atomic mass is 79.9. The molecule has 3 N–H and O–H groups in total. The van der Waals surface area contributed by atoms with Crippen molar-refractivity contribution in [1.82, 2.24) is 0 Å². The van der Waals surface area contributed by atoms with Crippen molar-refractivity contribution in [3.8, 4) is 0 Å². The molecule has 0 bridgehead atoms. The predicted molar refractivity (Wildman–Crippen MR) is 90.7 cm³/mol. The Bertz CT molecular complexity index is 669. The molecular weight excluding hydrogens is 431 g/mol. The molecule has 0 fully saturated rings. The van der Waals surface area contributed by atoms with Crippen molar-refractivity contribution in [2.75, 3.05) is 11.1 Å². The van der Waals surface area contributed by atoms with Gasteiger partial charge in [0.05, 0.1) is 21.4 Å². The van der Waals surface area contributed by atoms with Gasteiger partial charge in [0.1, 0.15) is 0 Å². The van der Waals surface area contributed by atoms with E-state index in [0.29, 0.717) is 11.3 Å². The number of nitrogens with two attached hydrogens (primary N) is 1. The van der Waals surface area contributed by atoms with E-state index in [1.807, 2.05) is 12.1 Å². The lowest BCUT2D eigenvalue weighted by atomic mass is 10.2. The van der Waals surface area contributed by atoms with E-state index in [1.54, 1.807) is 6.07 Å². The highest BCUT2D eigenvalue weighted by Crippen LogP contribution is 2.31. The molecule has 2 aromatic carbocycles. The predicted octanol–water partition coefficient (Wildman–Crippen LogP) is 5.35. The number of rotatable bonds is 2. The summed E-state index contributed by atoms with van der Waals surface area (Å²) in [6.07, 6.45) is 0. The molecule has 0 aliphatic rings. The molecule has 0 saturated heterocycles. The molecule has 1 amide bonds. The van der Waals surface area contributed by atoms with Crippen molar-refractivity contribution < 1.29 is 4.79 Å². The Morgan fingerprint density at radius 3 is 2.50 bits per heavy atom. The first kappa shape index (κ1) is 15.6. The van der Waals surface area contributed by atoms with Crippen LogP contribution >= 0.6 is 55.1 Å². The maximum atomic E-state index is 12.2. The summed E-state index contributed by atoms with van der Waals surface area (Å²) in [6.45, 7) is 0. The van der Waals surface area contributed by atoms with E-state index in [2.05, 4.69) is 37.2 Å². The van der Waals surface area contributed by atoms with Gasteiger partial charge in [0.2, 0.25) is 0 Å². The van der Waals surface area contributed by atoms with Crippen LogP contribution in [-0.4, -0.2) is 5.91 Å². The fraction of sp³-hybridized carbons (Fsp3) is 0. The lowest BCUT2D eigenvalue weighted by Crippen LogP contribution is -2.12. The third kappa shape index (κ3) is 3.47. The van der Waals surface area contributed by atoms with Crippen molar-refractivity contribution in [1.29, 1.82) is 0 Å². The van der Waals surface area contributed by atoms with Crippen LogP contribution in [0.2, 0.25) is 10.0 Å². The van der Waals surface area contributed by atoms with Gasteiger partial charge >= 0.3 is 0 Å². The molecule has 0 heterocycles. The Kier molecular flexibility index (Phi) is 4.96. The van der Waals surface area contributed by atoms with Crippen LogP contribution in [-0.2, 0) is 0 Å². The number of anilines is 2. The zero-order chi connectivity index (χ0) is 14.9. The summed E-state index contributed by atoms with van der Waals surface area (Å²) < 4.78 is 1.62. The highest BCUT2D eigenvalue weighted by molar-refractivity contribution is 9.11. The summed E-state index contributed by atoms with van der Waals surface area (Å²) in [5.41, 5.74) is 6.93. The monoisotopic (exact) mass is 436 g/mol. The average molecular weight is 439 g/mol. The Labute approximate surface area is 142 Å².